The number of ether oxygens (including phenoxy) is 1. The monoisotopic (exact) mass is 340 g/mol. The summed E-state index contributed by atoms with van der Waals surface area (Å²) in [5.41, 5.74) is -0.488. The first-order valence-electron chi connectivity index (χ1n) is 7.44. The third-order valence-corrected chi connectivity index (χ3v) is 2.84. The highest BCUT2D eigenvalue weighted by Gasteiger charge is 2.28. The summed E-state index contributed by atoms with van der Waals surface area (Å²) in [5.74, 6) is -0.328. The van der Waals surface area contributed by atoms with Gasteiger partial charge in [0.25, 0.3) is 0 Å². The Balaban J connectivity index is 3.02. The highest BCUT2D eigenvalue weighted by atomic mass is 35.5. The molecule has 0 saturated carbocycles. The number of rotatable bonds is 3. The van der Waals surface area contributed by atoms with Gasteiger partial charge in [-0.25, -0.2) is 4.79 Å². The van der Waals surface area contributed by atoms with E-state index in [1.165, 1.54) is 0 Å². The van der Waals surface area contributed by atoms with Crippen molar-refractivity contribution in [2.45, 2.75) is 58.7 Å². The first-order valence-corrected chi connectivity index (χ1v) is 7.82. The van der Waals surface area contributed by atoms with Gasteiger partial charge < -0.3 is 15.4 Å². The Kier molecular flexibility index (Phi) is 6.05. The molecule has 0 saturated heterocycles. The molecule has 23 heavy (non-hydrogen) atoms. The largest absolute Gasteiger partial charge is 0.444 e. The summed E-state index contributed by atoms with van der Waals surface area (Å²) in [5, 5.41) is 5.95. The van der Waals surface area contributed by atoms with Gasteiger partial charge >= 0.3 is 6.09 Å². The first-order chi connectivity index (χ1) is 10.4. The van der Waals surface area contributed by atoms with Gasteiger partial charge in [0, 0.05) is 10.6 Å². The molecule has 1 aromatic carbocycles. The highest BCUT2D eigenvalue weighted by molar-refractivity contribution is 6.30. The van der Waals surface area contributed by atoms with Crippen LogP contribution in [0, 0.1) is 0 Å². The fourth-order valence-electron chi connectivity index (χ4n) is 1.85. The number of carbonyl (C=O) groups excluding carboxylic acids is 2. The van der Waals surface area contributed by atoms with Crippen LogP contribution in [-0.4, -0.2) is 23.1 Å². The maximum atomic E-state index is 12.5. The van der Waals surface area contributed by atoms with Crippen molar-refractivity contribution < 1.29 is 14.3 Å². The molecule has 1 atom stereocenters. The topological polar surface area (TPSA) is 67.4 Å². The minimum atomic E-state index is -0.886. The van der Waals surface area contributed by atoms with Gasteiger partial charge in [-0.15, -0.1) is 0 Å². The zero-order valence-corrected chi connectivity index (χ0v) is 15.2. The van der Waals surface area contributed by atoms with Gasteiger partial charge in [0.15, 0.2) is 0 Å². The standard InChI is InChI=1S/C17H25ClN2O3/c1-16(2,3)20-14(21)13(11-8-7-9-12(18)10-11)19-15(22)23-17(4,5)6/h7-10,13H,1-6H3,(H,19,22)(H,20,21). The van der Waals surface area contributed by atoms with Crippen LogP contribution in [0.15, 0.2) is 24.3 Å². The molecule has 6 heteroatoms. The third kappa shape index (κ3) is 7.37. The quantitative estimate of drug-likeness (QED) is 0.878. The van der Waals surface area contributed by atoms with Crippen molar-refractivity contribution >= 4 is 23.6 Å². The lowest BCUT2D eigenvalue weighted by Crippen LogP contribution is -2.48. The summed E-state index contributed by atoms with van der Waals surface area (Å²) >= 11 is 5.99. The Bertz CT molecular complexity index is 574. The van der Waals surface area contributed by atoms with E-state index < -0.39 is 23.3 Å². The molecule has 0 spiro atoms. The molecule has 5 nitrogen and oxygen atoms in total. The van der Waals surface area contributed by atoms with Gasteiger partial charge in [0.2, 0.25) is 5.91 Å². The summed E-state index contributed by atoms with van der Waals surface area (Å²) in [6, 6.07) is 5.92. The summed E-state index contributed by atoms with van der Waals surface area (Å²) in [6.07, 6.45) is -0.661. The average Bonchev–Trinajstić information content (AvgIpc) is 2.31. The van der Waals surface area contributed by atoms with Crippen molar-refractivity contribution in [1.29, 1.82) is 0 Å². The molecule has 0 bridgehead atoms. The lowest BCUT2D eigenvalue weighted by molar-refractivity contribution is -0.124. The van der Waals surface area contributed by atoms with Crippen LogP contribution in [0.1, 0.15) is 53.1 Å². The number of halogens is 1. The zero-order valence-electron chi connectivity index (χ0n) is 14.5. The van der Waals surface area contributed by atoms with Gasteiger partial charge in [0.05, 0.1) is 0 Å². The Hall–Kier alpha value is -1.75. The van der Waals surface area contributed by atoms with E-state index in [-0.39, 0.29) is 5.91 Å². The van der Waals surface area contributed by atoms with E-state index in [9.17, 15) is 9.59 Å². The van der Waals surface area contributed by atoms with Gasteiger partial charge in [-0.2, -0.15) is 0 Å². The Morgan fingerprint density at radius 2 is 1.74 bits per heavy atom. The van der Waals surface area contributed by atoms with E-state index in [1.54, 1.807) is 45.0 Å². The summed E-state index contributed by atoms with van der Waals surface area (Å²) in [6.45, 7) is 10.9. The van der Waals surface area contributed by atoms with Crippen LogP contribution in [0.3, 0.4) is 0 Å². The molecule has 0 aliphatic heterocycles. The molecule has 0 radical (unpaired) electrons. The minimum absolute atomic E-state index is 0.328. The van der Waals surface area contributed by atoms with E-state index in [0.29, 0.717) is 10.6 Å². The van der Waals surface area contributed by atoms with Gasteiger partial charge in [-0.3, -0.25) is 4.79 Å². The van der Waals surface area contributed by atoms with E-state index in [4.69, 9.17) is 16.3 Å². The lowest BCUT2D eigenvalue weighted by atomic mass is 10.0. The van der Waals surface area contributed by atoms with Crippen molar-refractivity contribution in [2.24, 2.45) is 0 Å². The summed E-state index contributed by atoms with van der Waals surface area (Å²) < 4.78 is 5.24. The van der Waals surface area contributed by atoms with Crippen molar-refractivity contribution in [2.75, 3.05) is 0 Å². The normalized spacial score (nSPS) is 13.2. The molecule has 0 heterocycles. The van der Waals surface area contributed by atoms with Crippen LogP contribution in [0.2, 0.25) is 5.02 Å². The average molecular weight is 341 g/mol. The zero-order chi connectivity index (χ0) is 17.8. The second-order valence-electron chi connectivity index (χ2n) is 7.37. The molecular weight excluding hydrogens is 316 g/mol. The second-order valence-corrected chi connectivity index (χ2v) is 7.81. The molecule has 0 aliphatic carbocycles. The highest BCUT2D eigenvalue weighted by Crippen LogP contribution is 2.20. The molecule has 2 N–H and O–H groups in total. The number of benzene rings is 1. The molecular formula is C17H25ClN2O3. The van der Waals surface area contributed by atoms with E-state index in [0.717, 1.165) is 0 Å². The molecule has 1 unspecified atom stereocenters. The number of hydrogen-bond acceptors (Lipinski definition) is 3. The smallest absolute Gasteiger partial charge is 0.408 e. The summed E-state index contributed by atoms with van der Waals surface area (Å²) in [4.78, 5) is 24.6. The maximum Gasteiger partial charge on any atom is 0.408 e. The molecule has 1 aromatic rings. The van der Waals surface area contributed by atoms with Crippen LogP contribution in [-0.2, 0) is 9.53 Å². The lowest BCUT2D eigenvalue weighted by Gasteiger charge is -2.27. The summed E-state index contributed by atoms with van der Waals surface area (Å²) in [7, 11) is 0. The number of amides is 2. The van der Waals surface area contributed by atoms with Crippen LogP contribution in [0.4, 0.5) is 4.79 Å². The number of alkyl carbamates (subject to hydrolysis) is 1. The number of nitrogens with one attached hydrogen (secondary N) is 2. The molecule has 128 valence electrons. The predicted octanol–water partition coefficient (Wildman–Crippen LogP) is 3.82. The van der Waals surface area contributed by atoms with Crippen LogP contribution in [0.5, 0.6) is 0 Å². The first kappa shape index (κ1) is 19.3. The van der Waals surface area contributed by atoms with Gasteiger partial charge in [0.1, 0.15) is 11.6 Å². The maximum absolute atomic E-state index is 12.5. The Labute approximate surface area is 142 Å². The van der Waals surface area contributed by atoms with E-state index in [1.807, 2.05) is 20.8 Å². The van der Waals surface area contributed by atoms with E-state index >= 15 is 0 Å². The van der Waals surface area contributed by atoms with Gasteiger partial charge in [-0.05, 0) is 59.2 Å². The Morgan fingerprint density at radius 1 is 1.13 bits per heavy atom. The minimum Gasteiger partial charge on any atom is -0.444 e. The molecule has 0 fully saturated rings. The van der Waals surface area contributed by atoms with Gasteiger partial charge in [-0.1, -0.05) is 23.7 Å². The number of carbonyl (C=O) groups is 2. The second kappa shape index (κ2) is 7.21. The molecule has 0 aromatic heterocycles. The fraction of sp³-hybridized carbons (Fsp3) is 0.529. The predicted molar refractivity (Wildman–Crippen MR) is 91.5 cm³/mol. The number of hydrogen-bond donors (Lipinski definition) is 2. The van der Waals surface area contributed by atoms with Crippen molar-refractivity contribution in [1.82, 2.24) is 10.6 Å². The van der Waals surface area contributed by atoms with Crippen LogP contribution in [0.25, 0.3) is 0 Å². The van der Waals surface area contributed by atoms with Crippen molar-refractivity contribution in [3.63, 3.8) is 0 Å². The molecule has 0 aliphatic rings. The van der Waals surface area contributed by atoms with Crippen molar-refractivity contribution in [3.8, 4) is 0 Å². The fourth-order valence-corrected chi connectivity index (χ4v) is 2.05. The Morgan fingerprint density at radius 3 is 2.22 bits per heavy atom. The van der Waals surface area contributed by atoms with E-state index in [2.05, 4.69) is 10.6 Å². The SMILES string of the molecule is CC(C)(C)NC(=O)C(NC(=O)OC(C)(C)C)c1cccc(Cl)c1. The molecule has 2 amide bonds. The van der Waals surface area contributed by atoms with Crippen LogP contribution < -0.4 is 10.6 Å². The van der Waals surface area contributed by atoms with Crippen molar-refractivity contribution in [3.05, 3.63) is 34.9 Å². The van der Waals surface area contributed by atoms with Crippen LogP contribution >= 0.6 is 11.6 Å². The molecule has 1 rings (SSSR count). The third-order valence-electron chi connectivity index (χ3n) is 2.60.